The molecule has 0 atom stereocenters. The van der Waals surface area contributed by atoms with Crippen LogP contribution in [0.15, 0.2) is 24.3 Å². The summed E-state index contributed by atoms with van der Waals surface area (Å²) in [5.74, 6) is 0.630. The molecular formula is C24H28N4O8. The Morgan fingerprint density at radius 1 is 0.694 bits per heavy atom. The van der Waals surface area contributed by atoms with E-state index in [0.717, 1.165) is 11.1 Å². The number of carbonyl (C=O) groups is 2. The summed E-state index contributed by atoms with van der Waals surface area (Å²) in [6.07, 6.45) is 5.24. The van der Waals surface area contributed by atoms with Crippen molar-refractivity contribution in [3.8, 4) is 11.8 Å². The Morgan fingerprint density at radius 2 is 1.11 bits per heavy atom. The molecule has 4 rings (SSSR count). The summed E-state index contributed by atoms with van der Waals surface area (Å²) in [4.78, 5) is 39.8. The summed E-state index contributed by atoms with van der Waals surface area (Å²) in [7, 11) is 5.60. The van der Waals surface area contributed by atoms with Crippen molar-refractivity contribution in [2.24, 2.45) is 0 Å². The van der Waals surface area contributed by atoms with Crippen LogP contribution in [-0.4, -0.2) is 86.7 Å². The molecule has 12 heteroatoms. The molecule has 2 aliphatic heterocycles. The molecular weight excluding hydrogens is 472 g/mol. The molecule has 0 radical (unpaired) electrons. The molecule has 0 bridgehead atoms. The van der Waals surface area contributed by atoms with Gasteiger partial charge in [-0.15, -0.1) is 0 Å². The zero-order valence-electron chi connectivity index (χ0n) is 20.6. The summed E-state index contributed by atoms with van der Waals surface area (Å²) < 4.78 is 29.9. The SMILES string of the molecule is COC(=O)c1cc(OC)nc(C2=CCOCC2)n1.COC(=O)c1cc(OC)nc(C2=CCOCC2)n1. The smallest absolute Gasteiger partial charge is 0.356 e. The molecule has 192 valence electrons. The normalized spacial score (nSPS) is 14.9. The Balaban J connectivity index is 0.000000201. The highest BCUT2D eigenvalue weighted by Crippen LogP contribution is 2.22. The topological polar surface area (TPSA) is 141 Å². The van der Waals surface area contributed by atoms with E-state index in [1.807, 2.05) is 12.2 Å². The van der Waals surface area contributed by atoms with Crippen LogP contribution in [0.4, 0.5) is 0 Å². The lowest BCUT2D eigenvalue weighted by Gasteiger charge is -2.13. The molecule has 0 fully saturated rings. The molecule has 0 aliphatic carbocycles. The monoisotopic (exact) mass is 500 g/mol. The van der Waals surface area contributed by atoms with Gasteiger partial charge in [0.2, 0.25) is 11.8 Å². The number of hydrogen-bond acceptors (Lipinski definition) is 12. The molecule has 0 unspecified atom stereocenters. The molecule has 36 heavy (non-hydrogen) atoms. The lowest BCUT2D eigenvalue weighted by atomic mass is 10.1. The van der Waals surface area contributed by atoms with Gasteiger partial charge in [0.05, 0.1) is 54.9 Å². The van der Waals surface area contributed by atoms with Gasteiger partial charge in [-0.2, -0.15) is 9.97 Å². The Bertz CT molecular complexity index is 1060. The van der Waals surface area contributed by atoms with Gasteiger partial charge in [0.1, 0.15) is 0 Å². The van der Waals surface area contributed by atoms with E-state index in [1.165, 1.54) is 40.6 Å². The van der Waals surface area contributed by atoms with Crippen LogP contribution in [0.1, 0.15) is 45.5 Å². The predicted octanol–water partition coefficient (Wildman–Crippen LogP) is 2.15. The average molecular weight is 501 g/mol. The first-order valence-corrected chi connectivity index (χ1v) is 11.1. The quantitative estimate of drug-likeness (QED) is 0.537. The zero-order chi connectivity index (χ0) is 25.9. The first kappa shape index (κ1) is 26.7. The molecule has 2 aliphatic rings. The van der Waals surface area contributed by atoms with Gasteiger partial charge in [-0.25, -0.2) is 19.6 Å². The number of carbonyl (C=O) groups excluding carboxylic acids is 2. The molecule has 0 saturated carbocycles. The molecule has 0 aromatic carbocycles. The fourth-order valence-electron chi connectivity index (χ4n) is 3.22. The van der Waals surface area contributed by atoms with Gasteiger partial charge >= 0.3 is 11.9 Å². The molecule has 0 N–H and O–H groups in total. The Kier molecular flexibility index (Phi) is 9.83. The predicted molar refractivity (Wildman–Crippen MR) is 127 cm³/mol. The number of aromatic nitrogens is 4. The van der Waals surface area contributed by atoms with Crippen molar-refractivity contribution in [1.29, 1.82) is 0 Å². The Labute approximate surface area is 208 Å². The highest BCUT2D eigenvalue weighted by atomic mass is 16.5. The van der Waals surface area contributed by atoms with E-state index in [2.05, 4.69) is 29.4 Å². The fourth-order valence-corrected chi connectivity index (χ4v) is 3.22. The largest absolute Gasteiger partial charge is 0.481 e. The molecule has 2 aromatic heterocycles. The van der Waals surface area contributed by atoms with Gasteiger partial charge in [0.25, 0.3) is 0 Å². The van der Waals surface area contributed by atoms with E-state index >= 15 is 0 Å². The van der Waals surface area contributed by atoms with Gasteiger partial charge in [0.15, 0.2) is 23.0 Å². The maximum Gasteiger partial charge on any atom is 0.356 e. The standard InChI is InChI=1S/2C12H14N2O4/c2*1-16-10-7-9(12(15)17-2)13-11(14-10)8-3-5-18-6-4-8/h2*3,7H,4-6H2,1-2H3. The van der Waals surface area contributed by atoms with Crippen LogP contribution in [-0.2, 0) is 18.9 Å². The number of rotatable bonds is 6. The third-order valence-corrected chi connectivity index (χ3v) is 5.11. The van der Waals surface area contributed by atoms with E-state index in [0.29, 0.717) is 62.7 Å². The first-order valence-electron chi connectivity index (χ1n) is 11.1. The minimum Gasteiger partial charge on any atom is -0.481 e. The van der Waals surface area contributed by atoms with Crippen molar-refractivity contribution in [3.05, 3.63) is 47.3 Å². The minimum absolute atomic E-state index is 0.187. The van der Waals surface area contributed by atoms with Crippen LogP contribution in [0.3, 0.4) is 0 Å². The van der Waals surface area contributed by atoms with E-state index < -0.39 is 11.9 Å². The van der Waals surface area contributed by atoms with Gasteiger partial charge in [-0.1, -0.05) is 12.2 Å². The maximum atomic E-state index is 11.5. The van der Waals surface area contributed by atoms with Gasteiger partial charge in [-0.3, -0.25) is 0 Å². The maximum absolute atomic E-state index is 11.5. The van der Waals surface area contributed by atoms with Crippen LogP contribution in [0, 0.1) is 0 Å². The number of methoxy groups -OCH3 is 4. The Morgan fingerprint density at radius 3 is 1.42 bits per heavy atom. The number of hydrogen-bond donors (Lipinski definition) is 0. The van der Waals surface area contributed by atoms with Crippen molar-refractivity contribution >= 4 is 23.1 Å². The highest BCUT2D eigenvalue weighted by Gasteiger charge is 2.17. The van der Waals surface area contributed by atoms with Gasteiger partial charge < -0.3 is 28.4 Å². The average Bonchev–Trinajstić information content (AvgIpc) is 2.96. The highest BCUT2D eigenvalue weighted by molar-refractivity contribution is 5.88. The summed E-state index contributed by atoms with van der Waals surface area (Å²) in [6.45, 7) is 2.31. The van der Waals surface area contributed by atoms with Crippen LogP contribution in [0.2, 0.25) is 0 Å². The van der Waals surface area contributed by atoms with Crippen LogP contribution < -0.4 is 9.47 Å². The number of ether oxygens (including phenoxy) is 6. The number of nitrogens with zero attached hydrogens (tertiary/aromatic N) is 4. The van der Waals surface area contributed by atoms with Crippen molar-refractivity contribution in [3.63, 3.8) is 0 Å². The van der Waals surface area contributed by atoms with Gasteiger partial charge in [-0.05, 0) is 24.0 Å². The molecule has 2 aromatic rings. The van der Waals surface area contributed by atoms with Crippen molar-refractivity contribution in [1.82, 2.24) is 19.9 Å². The zero-order valence-corrected chi connectivity index (χ0v) is 20.6. The molecule has 0 saturated heterocycles. The summed E-state index contributed by atoms with van der Waals surface area (Å²) in [6, 6.07) is 2.91. The second-order valence-corrected chi connectivity index (χ2v) is 7.33. The molecule has 12 nitrogen and oxygen atoms in total. The molecule has 4 heterocycles. The van der Waals surface area contributed by atoms with Crippen molar-refractivity contribution in [2.75, 3.05) is 54.9 Å². The van der Waals surface area contributed by atoms with E-state index in [4.69, 9.17) is 18.9 Å². The van der Waals surface area contributed by atoms with Crippen LogP contribution >= 0.6 is 0 Å². The lowest BCUT2D eigenvalue weighted by Crippen LogP contribution is -2.11. The van der Waals surface area contributed by atoms with E-state index in [-0.39, 0.29) is 11.4 Å². The third-order valence-electron chi connectivity index (χ3n) is 5.11. The summed E-state index contributed by atoms with van der Waals surface area (Å²) >= 11 is 0. The van der Waals surface area contributed by atoms with Crippen LogP contribution in [0.25, 0.3) is 11.1 Å². The second-order valence-electron chi connectivity index (χ2n) is 7.33. The number of esters is 2. The van der Waals surface area contributed by atoms with Crippen molar-refractivity contribution < 1.29 is 38.0 Å². The summed E-state index contributed by atoms with van der Waals surface area (Å²) in [5, 5.41) is 0. The summed E-state index contributed by atoms with van der Waals surface area (Å²) in [5.41, 5.74) is 2.27. The Hall–Kier alpha value is -3.90. The molecule has 0 amide bonds. The third kappa shape index (κ3) is 7.06. The molecule has 0 spiro atoms. The first-order chi connectivity index (χ1) is 17.5. The second kappa shape index (κ2) is 13.3. The van der Waals surface area contributed by atoms with Crippen LogP contribution in [0.5, 0.6) is 11.8 Å². The minimum atomic E-state index is -0.510. The van der Waals surface area contributed by atoms with Crippen molar-refractivity contribution in [2.45, 2.75) is 12.8 Å². The lowest BCUT2D eigenvalue weighted by molar-refractivity contribution is 0.0584. The van der Waals surface area contributed by atoms with E-state index in [9.17, 15) is 9.59 Å². The van der Waals surface area contributed by atoms with Gasteiger partial charge in [0, 0.05) is 12.1 Å². The fraction of sp³-hybridized carbons (Fsp3) is 0.417. The van der Waals surface area contributed by atoms with E-state index in [1.54, 1.807) is 0 Å².